The van der Waals surface area contributed by atoms with Crippen molar-refractivity contribution >= 4 is 18.2 Å². The molecule has 0 saturated heterocycles. The molecule has 5 nitrogen and oxygen atoms in total. The molecule has 1 rings (SSSR count). The summed E-state index contributed by atoms with van der Waals surface area (Å²) >= 11 is 0. The highest BCUT2D eigenvalue weighted by molar-refractivity contribution is 5.93. The highest BCUT2D eigenvalue weighted by Crippen LogP contribution is 2.07. The minimum Gasteiger partial charge on any atom is -0.466 e. The number of hydrogen-bond donors (Lipinski definition) is 0. The van der Waals surface area contributed by atoms with E-state index in [4.69, 9.17) is 4.74 Å². The van der Waals surface area contributed by atoms with E-state index in [0.717, 1.165) is 11.8 Å². The fourth-order valence-corrected chi connectivity index (χ4v) is 1.30. The molecule has 1 aromatic rings. The van der Waals surface area contributed by atoms with Gasteiger partial charge in [0, 0.05) is 11.1 Å². The summed E-state index contributed by atoms with van der Waals surface area (Å²) in [5.41, 5.74) is 1.35. The lowest BCUT2D eigenvalue weighted by molar-refractivity contribution is -0.146. The van der Waals surface area contributed by atoms with Crippen molar-refractivity contribution in [2.45, 2.75) is 13.0 Å². The highest BCUT2D eigenvalue weighted by Gasteiger charge is 2.12. The van der Waals surface area contributed by atoms with Crippen molar-refractivity contribution in [3.63, 3.8) is 0 Å². The maximum atomic E-state index is 11.4. The zero-order chi connectivity index (χ0) is 14.3. The van der Waals surface area contributed by atoms with Gasteiger partial charge in [0.25, 0.3) is 0 Å². The zero-order valence-electron chi connectivity index (χ0n) is 10.5. The van der Waals surface area contributed by atoms with Crippen molar-refractivity contribution in [3.05, 3.63) is 47.5 Å². The molecular weight excluding hydrogens is 248 g/mol. The van der Waals surface area contributed by atoms with Gasteiger partial charge in [0.05, 0.1) is 13.5 Å². The van der Waals surface area contributed by atoms with Crippen LogP contribution in [0.15, 0.2) is 36.4 Å². The van der Waals surface area contributed by atoms with Crippen LogP contribution in [-0.4, -0.2) is 25.3 Å². The van der Waals surface area contributed by atoms with E-state index in [1.165, 1.54) is 7.11 Å². The van der Waals surface area contributed by atoms with E-state index in [9.17, 15) is 14.4 Å². The molecule has 0 fully saturated rings. The van der Waals surface area contributed by atoms with Crippen molar-refractivity contribution in [2.24, 2.45) is 0 Å². The molecule has 0 N–H and O–H groups in total. The molecule has 1 aromatic carbocycles. The molecule has 0 aromatic heterocycles. The summed E-state index contributed by atoms with van der Waals surface area (Å²) in [6.45, 7) is 3.50. The molecule has 0 radical (unpaired) electrons. The first-order valence-electron chi connectivity index (χ1n) is 5.52. The zero-order valence-corrected chi connectivity index (χ0v) is 10.5. The van der Waals surface area contributed by atoms with Crippen LogP contribution in [0.2, 0.25) is 0 Å². The molecule has 0 atom stereocenters. The summed E-state index contributed by atoms with van der Waals surface area (Å²) in [6, 6.07) is 6.63. The fraction of sp³-hybridized carbons (Fsp3) is 0.214. The Morgan fingerprint density at radius 1 is 1.26 bits per heavy atom. The Hall–Kier alpha value is -2.43. The minimum atomic E-state index is -0.632. The molecule has 0 saturated carbocycles. The number of carbonyl (C=O) groups is 3. The standard InChI is InChI=1S/C14H14O5/c1-10(14(17)18-2)7-13(16)19-9-12-5-3-11(8-15)4-6-12/h3-6,8H,1,7,9H2,2H3. The van der Waals surface area contributed by atoms with Crippen molar-refractivity contribution in [1.29, 1.82) is 0 Å². The normalized spacial score (nSPS) is 9.53. The van der Waals surface area contributed by atoms with Gasteiger partial charge in [-0.25, -0.2) is 4.79 Å². The monoisotopic (exact) mass is 262 g/mol. The van der Waals surface area contributed by atoms with Crippen LogP contribution in [0.25, 0.3) is 0 Å². The number of aldehydes is 1. The maximum Gasteiger partial charge on any atom is 0.333 e. The number of esters is 2. The molecule has 5 heteroatoms. The van der Waals surface area contributed by atoms with Crippen molar-refractivity contribution in [2.75, 3.05) is 7.11 Å². The fourth-order valence-electron chi connectivity index (χ4n) is 1.30. The first-order valence-corrected chi connectivity index (χ1v) is 5.52. The van der Waals surface area contributed by atoms with Gasteiger partial charge in [-0.1, -0.05) is 30.8 Å². The second-order valence-corrected chi connectivity index (χ2v) is 3.79. The Bertz CT molecular complexity index is 487. The highest BCUT2D eigenvalue weighted by atomic mass is 16.5. The minimum absolute atomic E-state index is 0.0452. The predicted octanol–water partition coefficient (Wildman–Crippen LogP) is 1.66. The van der Waals surface area contributed by atoms with Crippen LogP contribution < -0.4 is 0 Å². The number of methoxy groups -OCH3 is 1. The van der Waals surface area contributed by atoms with Crippen LogP contribution in [0.5, 0.6) is 0 Å². The molecular formula is C14H14O5. The summed E-state index contributed by atoms with van der Waals surface area (Å²) in [6.07, 6.45) is 0.523. The lowest BCUT2D eigenvalue weighted by Gasteiger charge is -2.06. The number of rotatable bonds is 6. The summed E-state index contributed by atoms with van der Waals surface area (Å²) in [7, 11) is 1.22. The number of carbonyl (C=O) groups excluding carboxylic acids is 3. The Kier molecular flexibility index (Phi) is 5.47. The van der Waals surface area contributed by atoms with Crippen LogP contribution in [0.1, 0.15) is 22.3 Å². The first kappa shape index (κ1) is 14.6. The second kappa shape index (κ2) is 7.10. The van der Waals surface area contributed by atoms with E-state index in [2.05, 4.69) is 11.3 Å². The van der Waals surface area contributed by atoms with E-state index in [1.807, 2.05) is 0 Å². The summed E-state index contributed by atoms with van der Waals surface area (Å²) in [4.78, 5) is 32.9. The molecule has 0 heterocycles. The molecule has 0 aliphatic rings. The smallest absolute Gasteiger partial charge is 0.333 e. The molecule has 0 amide bonds. The molecule has 0 aliphatic carbocycles. The van der Waals surface area contributed by atoms with Gasteiger partial charge in [-0.2, -0.15) is 0 Å². The quantitative estimate of drug-likeness (QED) is 0.443. The van der Waals surface area contributed by atoms with Crippen LogP contribution in [0, 0.1) is 0 Å². The third kappa shape index (κ3) is 4.75. The lowest BCUT2D eigenvalue weighted by atomic mass is 10.1. The lowest BCUT2D eigenvalue weighted by Crippen LogP contribution is -2.11. The van der Waals surface area contributed by atoms with E-state index in [1.54, 1.807) is 24.3 Å². The Balaban J connectivity index is 2.43. The van der Waals surface area contributed by atoms with Gasteiger partial charge >= 0.3 is 11.9 Å². The van der Waals surface area contributed by atoms with Crippen LogP contribution in [-0.2, 0) is 25.7 Å². The number of benzene rings is 1. The van der Waals surface area contributed by atoms with E-state index in [-0.39, 0.29) is 18.6 Å². The molecule has 100 valence electrons. The first-order chi connectivity index (χ1) is 9.06. The van der Waals surface area contributed by atoms with Gasteiger partial charge in [-0.05, 0) is 5.56 Å². The van der Waals surface area contributed by atoms with Gasteiger partial charge in [0.1, 0.15) is 12.9 Å². The maximum absolute atomic E-state index is 11.4. The van der Waals surface area contributed by atoms with E-state index >= 15 is 0 Å². The number of hydrogen-bond acceptors (Lipinski definition) is 5. The van der Waals surface area contributed by atoms with Crippen LogP contribution in [0.4, 0.5) is 0 Å². The third-order valence-corrected chi connectivity index (χ3v) is 2.35. The van der Waals surface area contributed by atoms with Gasteiger partial charge < -0.3 is 9.47 Å². The molecule has 0 unspecified atom stereocenters. The predicted molar refractivity (Wildman–Crippen MR) is 67.4 cm³/mol. The number of ether oxygens (including phenoxy) is 2. The second-order valence-electron chi connectivity index (χ2n) is 3.79. The molecule has 0 aliphatic heterocycles. The topological polar surface area (TPSA) is 69.7 Å². The summed E-state index contributed by atoms with van der Waals surface area (Å²) in [5.74, 6) is -1.19. The van der Waals surface area contributed by atoms with Crippen LogP contribution in [0.3, 0.4) is 0 Å². The Morgan fingerprint density at radius 3 is 2.42 bits per heavy atom. The average molecular weight is 262 g/mol. The summed E-state index contributed by atoms with van der Waals surface area (Å²) < 4.78 is 9.39. The van der Waals surface area contributed by atoms with Crippen molar-refractivity contribution in [1.82, 2.24) is 0 Å². The molecule has 19 heavy (non-hydrogen) atoms. The third-order valence-electron chi connectivity index (χ3n) is 2.35. The van der Waals surface area contributed by atoms with Crippen molar-refractivity contribution in [3.8, 4) is 0 Å². The van der Waals surface area contributed by atoms with Gasteiger partial charge in [0.2, 0.25) is 0 Å². The Morgan fingerprint density at radius 2 is 1.89 bits per heavy atom. The SMILES string of the molecule is C=C(CC(=O)OCc1ccc(C=O)cc1)C(=O)OC. The molecule has 0 spiro atoms. The average Bonchev–Trinajstić information content (AvgIpc) is 2.44. The summed E-state index contributed by atoms with van der Waals surface area (Å²) in [5, 5.41) is 0. The largest absolute Gasteiger partial charge is 0.466 e. The van der Waals surface area contributed by atoms with Crippen molar-refractivity contribution < 1.29 is 23.9 Å². The van der Waals surface area contributed by atoms with Gasteiger partial charge in [0.15, 0.2) is 0 Å². The van der Waals surface area contributed by atoms with Crippen LogP contribution >= 0.6 is 0 Å². The van der Waals surface area contributed by atoms with E-state index < -0.39 is 11.9 Å². The Labute approximate surface area is 110 Å². The van der Waals surface area contributed by atoms with Gasteiger partial charge in [-0.3, -0.25) is 9.59 Å². The van der Waals surface area contributed by atoms with E-state index in [0.29, 0.717) is 5.56 Å². The van der Waals surface area contributed by atoms with Gasteiger partial charge in [-0.15, -0.1) is 0 Å². The molecule has 0 bridgehead atoms.